The van der Waals surface area contributed by atoms with Crippen molar-refractivity contribution in [1.82, 2.24) is 19.9 Å². The van der Waals surface area contributed by atoms with Crippen molar-refractivity contribution in [2.24, 2.45) is 0 Å². The lowest BCUT2D eigenvalue weighted by Gasteiger charge is -2.40. The van der Waals surface area contributed by atoms with Crippen LogP contribution < -0.4 is 15.4 Å². The molecule has 2 aromatic rings. The maximum Gasteiger partial charge on any atom is 0.255 e. The molecular formula is C20H23N7O2. The topological polar surface area (TPSA) is 111 Å². The maximum absolute atomic E-state index is 12.8. The second-order valence-corrected chi connectivity index (χ2v) is 7.92. The zero-order chi connectivity index (χ0) is 19.8. The van der Waals surface area contributed by atoms with Gasteiger partial charge in [0.05, 0.1) is 18.9 Å². The predicted octanol–water partition coefficient (Wildman–Crippen LogP) is 0.753. The van der Waals surface area contributed by atoms with Crippen LogP contribution in [0.25, 0.3) is 0 Å². The molecule has 0 aromatic carbocycles. The normalized spacial score (nSPS) is 20.5. The standard InChI is InChI=1S/C20H23N7O2/c21-13-15-17(23-6-5-22-15)26-7-3-20(4-8-26)2-1-14-16(20)24-19(25-18(14)28)27-9-11-29-12-10-27/h5-6H,1-4,7-12H2,(H,24,25,28). The van der Waals surface area contributed by atoms with E-state index in [1.165, 1.54) is 0 Å². The van der Waals surface area contributed by atoms with Gasteiger partial charge in [0.2, 0.25) is 5.95 Å². The van der Waals surface area contributed by atoms with Gasteiger partial charge in [0.15, 0.2) is 11.5 Å². The Labute approximate surface area is 168 Å². The van der Waals surface area contributed by atoms with E-state index < -0.39 is 0 Å². The first-order valence-electron chi connectivity index (χ1n) is 10.1. The van der Waals surface area contributed by atoms with Gasteiger partial charge in [-0.3, -0.25) is 9.78 Å². The van der Waals surface area contributed by atoms with Gasteiger partial charge in [-0.25, -0.2) is 15.0 Å². The van der Waals surface area contributed by atoms with E-state index in [0.29, 0.717) is 30.7 Å². The largest absolute Gasteiger partial charge is 0.378 e. The van der Waals surface area contributed by atoms with Crippen LogP contribution >= 0.6 is 0 Å². The summed E-state index contributed by atoms with van der Waals surface area (Å²) in [5.41, 5.74) is 2.10. The van der Waals surface area contributed by atoms with Gasteiger partial charge >= 0.3 is 0 Å². The Bertz CT molecular complexity index is 1010. The highest BCUT2D eigenvalue weighted by Crippen LogP contribution is 2.45. The van der Waals surface area contributed by atoms with Crippen LogP contribution in [0.3, 0.4) is 0 Å². The number of nitrogens with one attached hydrogen (secondary N) is 1. The van der Waals surface area contributed by atoms with Crippen LogP contribution in [0.15, 0.2) is 17.2 Å². The molecule has 0 amide bonds. The van der Waals surface area contributed by atoms with Crippen LogP contribution in [0.2, 0.25) is 0 Å². The summed E-state index contributed by atoms with van der Waals surface area (Å²) < 4.78 is 5.43. The van der Waals surface area contributed by atoms with Crippen molar-refractivity contribution in [2.75, 3.05) is 49.2 Å². The van der Waals surface area contributed by atoms with E-state index in [1.54, 1.807) is 12.4 Å². The molecule has 9 heteroatoms. The van der Waals surface area contributed by atoms with Gasteiger partial charge in [-0.1, -0.05) is 0 Å². The van der Waals surface area contributed by atoms with E-state index in [4.69, 9.17) is 9.72 Å². The zero-order valence-electron chi connectivity index (χ0n) is 16.2. The Morgan fingerprint density at radius 1 is 1.07 bits per heavy atom. The van der Waals surface area contributed by atoms with Crippen molar-refractivity contribution in [3.63, 3.8) is 0 Å². The number of hydrogen-bond donors (Lipinski definition) is 1. The summed E-state index contributed by atoms with van der Waals surface area (Å²) in [6, 6.07) is 2.13. The molecule has 9 nitrogen and oxygen atoms in total. The van der Waals surface area contributed by atoms with Gasteiger partial charge in [0.1, 0.15) is 6.07 Å². The summed E-state index contributed by atoms with van der Waals surface area (Å²) in [4.78, 5) is 33.4. The summed E-state index contributed by atoms with van der Waals surface area (Å²) in [5, 5.41) is 9.33. The smallest absolute Gasteiger partial charge is 0.255 e. The molecule has 5 rings (SSSR count). The third kappa shape index (κ3) is 3.04. The van der Waals surface area contributed by atoms with Gasteiger partial charge in [0.25, 0.3) is 5.56 Å². The van der Waals surface area contributed by atoms with Gasteiger partial charge in [-0.2, -0.15) is 5.26 Å². The summed E-state index contributed by atoms with van der Waals surface area (Å²) in [5.74, 6) is 1.32. The molecule has 0 radical (unpaired) electrons. The summed E-state index contributed by atoms with van der Waals surface area (Å²) in [6.07, 6.45) is 6.67. The van der Waals surface area contributed by atoms with Crippen molar-refractivity contribution in [3.05, 3.63) is 39.7 Å². The minimum atomic E-state index is -0.0733. The first kappa shape index (κ1) is 18.1. The van der Waals surface area contributed by atoms with Crippen LogP contribution in [0.5, 0.6) is 0 Å². The molecule has 2 fully saturated rings. The molecule has 0 saturated carbocycles. The van der Waals surface area contributed by atoms with E-state index in [0.717, 1.165) is 63.1 Å². The molecule has 0 atom stereocenters. The number of fused-ring (bicyclic) bond motifs is 2. The average molecular weight is 393 g/mol. The van der Waals surface area contributed by atoms with Crippen molar-refractivity contribution >= 4 is 11.8 Å². The molecule has 0 bridgehead atoms. The quantitative estimate of drug-likeness (QED) is 0.796. The molecule has 1 aliphatic carbocycles. The molecule has 1 spiro atoms. The Hall–Kier alpha value is -2.99. The summed E-state index contributed by atoms with van der Waals surface area (Å²) >= 11 is 0. The van der Waals surface area contributed by atoms with Gasteiger partial charge in [-0.05, 0) is 25.7 Å². The van der Waals surface area contributed by atoms with E-state index in [-0.39, 0.29) is 11.0 Å². The lowest BCUT2D eigenvalue weighted by Crippen LogP contribution is -2.43. The van der Waals surface area contributed by atoms with Gasteiger partial charge < -0.3 is 14.5 Å². The van der Waals surface area contributed by atoms with Crippen LogP contribution in [0.1, 0.15) is 36.2 Å². The molecule has 2 saturated heterocycles. The number of hydrogen-bond acceptors (Lipinski definition) is 8. The molecule has 1 N–H and O–H groups in total. The molecule has 2 aromatic heterocycles. The van der Waals surface area contributed by atoms with E-state index >= 15 is 0 Å². The van der Waals surface area contributed by atoms with E-state index in [9.17, 15) is 10.1 Å². The number of aromatic nitrogens is 4. The highest BCUT2D eigenvalue weighted by atomic mass is 16.5. The average Bonchev–Trinajstić information content (AvgIpc) is 3.13. The molecular weight excluding hydrogens is 370 g/mol. The second-order valence-electron chi connectivity index (χ2n) is 7.92. The second kappa shape index (κ2) is 7.12. The zero-order valence-corrected chi connectivity index (χ0v) is 16.2. The van der Waals surface area contributed by atoms with Crippen LogP contribution in [0.4, 0.5) is 11.8 Å². The van der Waals surface area contributed by atoms with E-state index in [1.807, 2.05) is 0 Å². The summed E-state index contributed by atoms with van der Waals surface area (Å²) in [7, 11) is 0. The molecule has 2 aliphatic heterocycles. The lowest BCUT2D eigenvalue weighted by molar-refractivity contribution is 0.122. The number of nitrogens with zero attached hydrogens (tertiary/aromatic N) is 6. The minimum Gasteiger partial charge on any atom is -0.378 e. The number of anilines is 2. The highest BCUT2D eigenvalue weighted by Gasteiger charge is 2.44. The molecule has 3 aliphatic rings. The number of rotatable bonds is 2. The Balaban J connectivity index is 1.42. The Kier molecular flexibility index (Phi) is 4.43. The third-order valence-electron chi connectivity index (χ3n) is 6.47. The van der Waals surface area contributed by atoms with Crippen molar-refractivity contribution in [1.29, 1.82) is 5.26 Å². The summed E-state index contributed by atoms with van der Waals surface area (Å²) in [6.45, 7) is 4.33. The SMILES string of the molecule is N#Cc1nccnc1N1CCC2(CCc3c2nc(N2CCOCC2)[nH]c3=O)CC1. The fourth-order valence-electron chi connectivity index (χ4n) is 4.84. The van der Waals surface area contributed by atoms with Crippen molar-refractivity contribution < 1.29 is 4.74 Å². The van der Waals surface area contributed by atoms with Crippen molar-refractivity contribution in [2.45, 2.75) is 31.1 Å². The third-order valence-corrected chi connectivity index (χ3v) is 6.47. The molecule has 4 heterocycles. The van der Waals surface area contributed by atoms with Gasteiger partial charge in [-0.15, -0.1) is 0 Å². The minimum absolute atomic E-state index is 0.00325. The number of piperidine rings is 1. The number of nitriles is 1. The maximum atomic E-state index is 12.8. The number of H-pyrrole nitrogens is 1. The molecule has 150 valence electrons. The van der Waals surface area contributed by atoms with Crippen molar-refractivity contribution in [3.8, 4) is 6.07 Å². The fraction of sp³-hybridized carbons (Fsp3) is 0.550. The first-order chi connectivity index (χ1) is 14.2. The van der Waals surface area contributed by atoms with Crippen LogP contribution in [0, 0.1) is 11.3 Å². The Morgan fingerprint density at radius 2 is 1.83 bits per heavy atom. The number of ether oxygens (including phenoxy) is 1. The fourth-order valence-corrected chi connectivity index (χ4v) is 4.84. The molecule has 29 heavy (non-hydrogen) atoms. The molecule has 0 unspecified atom stereocenters. The first-order valence-corrected chi connectivity index (χ1v) is 10.1. The monoisotopic (exact) mass is 393 g/mol. The highest BCUT2D eigenvalue weighted by molar-refractivity contribution is 5.51. The van der Waals surface area contributed by atoms with E-state index in [2.05, 4.69) is 30.8 Å². The number of aromatic amines is 1. The van der Waals surface area contributed by atoms with Gasteiger partial charge in [0, 0.05) is 49.6 Å². The number of morpholine rings is 1. The van der Waals surface area contributed by atoms with Crippen LogP contribution in [-0.4, -0.2) is 59.3 Å². The Morgan fingerprint density at radius 3 is 2.59 bits per heavy atom. The van der Waals surface area contributed by atoms with Crippen LogP contribution in [-0.2, 0) is 16.6 Å². The lowest BCUT2D eigenvalue weighted by atomic mass is 9.76. The predicted molar refractivity (Wildman–Crippen MR) is 106 cm³/mol.